The lowest BCUT2D eigenvalue weighted by Crippen LogP contribution is -2.37. The highest BCUT2D eigenvalue weighted by Gasteiger charge is 2.44. The van der Waals surface area contributed by atoms with Crippen molar-refractivity contribution in [1.82, 2.24) is 9.55 Å². The summed E-state index contributed by atoms with van der Waals surface area (Å²) in [5.41, 5.74) is -0.926. The monoisotopic (exact) mass is 272 g/mol. The van der Waals surface area contributed by atoms with Crippen molar-refractivity contribution in [2.75, 3.05) is 13.2 Å². The second kappa shape index (κ2) is 5.25. The van der Waals surface area contributed by atoms with Gasteiger partial charge >= 0.3 is 5.69 Å². The van der Waals surface area contributed by atoms with Crippen LogP contribution in [0, 0.1) is 12.8 Å². The molecule has 1 aromatic rings. The SMILES string of the molecule is Cc1cn([C@@H]2OC(CO)C(CO)C2O)c(=O)[nH]c1=O. The molecule has 0 spiro atoms. The number of aryl methyl sites for hydroxylation is 1. The predicted molar refractivity (Wildman–Crippen MR) is 63.6 cm³/mol. The molecule has 4 N–H and O–H groups in total. The zero-order valence-electron chi connectivity index (χ0n) is 10.3. The van der Waals surface area contributed by atoms with Gasteiger partial charge in [0.2, 0.25) is 0 Å². The number of hydrogen-bond acceptors (Lipinski definition) is 6. The Morgan fingerprint density at radius 2 is 2.05 bits per heavy atom. The minimum absolute atomic E-state index is 0.295. The van der Waals surface area contributed by atoms with Crippen LogP contribution in [-0.4, -0.2) is 50.3 Å². The van der Waals surface area contributed by atoms with Crippen molar-refractivity contribution in [3.05, 3.63) is 32.6 Å². The standard InChI is InChI=1S/C11H16N2O6/c1-5-2-13(11(18)12-9(5)17)10-8(16)6(3-14)7(4-15)19-10/h2,6-8,10,14-16H,3-4H2,1H3,(H,12,17,18)/t6?,7?,8?,10-/m1/s1. The maximum atomic E-state index is 11.7. The molecular formula is C11H16N2O6. The van der Waals surface area contributed by atoms with Gasteiger partial charge in [-0.1, -0.05) is 0 Å². The van der Waals surface area contributed by atoms with E-state index in [1.807, 2.05) is 0 Å². The largest absolute Gasteiger partial charge is 0.396 e. The quantitative estimate of drug-likeness (QED) is 0.490. The first-order valence-electron chi connectivity index (χ1n) is 5.87. The van der Waals surface area contributed by atoms with Crippen molar-refractivity contribution in [3.8, 4) is 0 Å². The molecule has 0 aliphatic carbocycles. The van der Waals surface area contributed by atoms with E-state index in [4.69, 9.17) is 9.84 Å². The fourth-order valence-corrected chi connectivity index (χ4v) is 2.20. The van der Waals surface area contributed by atoms with Crippen LogP contribution < -0.4 is 11.2 Å². The number of H-pyrrole nitrogens is 1. The molecule has 1 aliphatic heterocycles. The van der Waals surface area contributed by atoms with Crippen LogP contribution in [0.4, 0.5) is 0 Å². The van der Waals surface area contributed by atoms with Gasteiger partial charge in [0.1, 0.15) is 6.10 Å². The molecule has 1 saturated heterocycles. The minimum atomic E-state index is -1.15. The Bertz CT molecular complexity index is 565. The summed E-state index contributed by atoms with van der Waals surface area (Å²) < 4.78 is 6.42. The molecule has 1 fully saturated rings. The Labute approximate surface area is 107 Å². The lowest BCUT2D eigenvalue weighted by molar-refractivity contribution is -0.0539. The fraction of sp³-hybridized carbons (Fsp3) is 0.636. The van der Waals surface area contributed by atoms with E-state index in [1.165, 1.54) is 13.1 Å². The van der Waals surface area contributed by atoms with Gasteiger partial charge in [0.25, 0.3) is 5.56 Å². The van der Waals surface area contributed by atoms with Gasteiger partial charge in [-0.05, 0) is 6.92 Å². The lowest BCUT2D eigenvalue weighted by atomic mass is 9.99. The van der Waals surface area contributed by atoms with Gasteiger partial charge in [0, 0.05) is 17.7 Å². The molecule has 19 heavy (non-hydrogen) atoms. The maximum Gasteiger partial charge on any atom is 0.330 e. The van der Waals surface area contributed by atoms with E-state index in [-0.39, 0.29) is 13.2 Å². The van der Waals surface area contributed by atoms with Crippen molar-refractivity contribution in [2.45, 2.75) is 25.4 Å². The third-order valence-corrected chi connectivity index (χ3v) is 3.33. The number of nitrogens with one attached hydrogen (secondary N) is 1. The lowest BCUT2D eigenvalue weighted by Gasteiger charge is -2.18. The van der Waals surface area contributed by atoms with Crippen LogP contribution in [0.2, 0.25) is 0 Å². The molecule has 1 aromatic heterocycles. The van der Waals surface area contributed by atoms with E-state index in [9.17, 15) is 19.8 Å². The summed E-state index contributed by atoms with van der Waals surface area (Å²) >= 11 is 0. The summed E-state index contributed by atoms with van der Waals surface area (Å²) in [7, 11) is 0. The zero-order valence-corrected chi connectivity index (χ0v) is 10.3. The molecule has 0 radical (unpaired) electrons. The average Bonchev–Trinajstić information content (AvgIpc) is 2.70. The van der Waals surface area contributed by atoms with Crippen molar-refractivity contribution >= 4 is 0 Å². The molecule has 2 rings (SSSR count). The molecular weight excluding hydrogens is 256 g/mol. The molecule has 2 heterocycles. The fourth-order valence-electron chi connectivity index (χ4n) is 2.20. The molecule has 0 amide bonds. The first-order chi connectivity index (χ1) is 8.99. The Morgan fingerprint density at radius 3 is 2.58 bits per heavy atom. The maximum absolute atomic E-state index is 11.7. The third kappa shape index (κ3) is 2.35. The number of aliphatic hydroxyl groups is 3. The Balaban J connectivity index is 2.41. The first-order valence-corrected chi connectivity index (χ1v) is 5.87. The topological polar surface area (TPSA) is 125 Å². The van der Waals surface area contributed by atoms with Crippen LogP contribution in [0.1, 0.15) is 11.8 Å². The summed E-state index contributed by atoms with van der Waals surface area (Å²) in [6.07, 6.45) is -1.67. The highest BCUT2D eigenvalue weighted by atomic mass is 16.5. The minimum Gasteiger partial charge on any atom is -0.396 e. The molecule has 0 bridgehead atoms. The first kappa shape index (κ1) is 13.9. The Morgan fingerprint density at radius 1 is 1.37 bits per heavy atom. The smallest absolute Gasteiger partial charge is 0.330 e. The van der Waals surface area contributed by atoms with Crippen LogP contribution in [0.5, 0.6) is 0 Å². The van der Waals surface area contributed by atoms with Crippen molar-refractivity contribution in [1.29, 1.82) is 0 Å². The highest BCUT2D eigenvalue weighted by Crippen LogP contribution is 2.32. The van der Waals surface area contributed by atoms with Gasteiger partial charge in [-0.3, -0.25) is 14.3 Å². The zero-order chi connectivity index (χ0) is 14.2. The van der Waals surface area contributed by atoms with Gasteiger partial charge in [0.05, 0.1) is 19.3 Å². The summed E-state index contributed by atoms with van der Waals surface area (Å²) in [6.45, 7) is 0.763. The molecule has 1 aliphatic rings. The Hall–Kier alpha value is -1.48. The van der Waals surface area contributed by atoms with Gasteiger partial charge in [0.15, 0.2) is 6.23 Å². The van der Waals surface area contributed by atoms with Crippen LogP contribution in [-0.2, 0) is 4.74 Å². The molecule has 3 unspecified atom stereocenters. The molecule has 0 aromatic carbocycles. The molecule has 8 nitrogen and oxygen atoms in total. The molecule has 8 heteroatoms. The van der Waals surface area contributed by atoms with Gasteiger partial charge in [-0.25, -0.2) is 4.79 Å². The second-order valence-electron chi connectivity index (χ2n) is 4.56. The van der Waals surface area contributed by atoms with E-state index in [0.29, 0.717) is 5.56 Å². The van der Waals surface area contributed by atoms with Crippen molar-refractivity contribution in [3.63, 3.8) is 0 Å². The summed E-state index contributed by atoms with van der Waals surface area (Å²) in [5, 5.41) is 28.3. The highest BCUT2D eigenvalue weighted by molar-refractivity contribution is 5.03. The molecule has 4 atom stereocenters. The van der Waals surface area contributed by atoms with Gasteiger partial charge < -0.3 is 20.1 Å². The van der Waals surface area contributed by atoms with E-state index in [1.54, 1.807) is 0 Å². The van der Waals surface area contributed by atoms with Gasteiger partial charge in [-0.15, -0.1) is 0 Å². The normalized spacial score (nSPS) is 30.7. The average molecular weight is 272 g/mol. The number of aromatic amines is 1. The number of aromatic nitrogens is 2. The van der Waals surface area contributed by atoms with Crippen LogP contribution in [0.3, 0.4) is 0 Å². The van der Waals surface area contributed by atoms with Crippen LogP contribution >= 0.6 is 0 Å². The number of hydrogen-bond donors (Lipinski definition) is 4. The van der Waals surface area contributed by atoms with Crippen LogP contribution in [0.25, 0.3) is 0 Å². The van der Waals surface area contributed by atoms with E-state index in [2.05, 4.69) is 4.98 Å². The second-order valence-corrected chi connectivity index (χ2v) is 4.56. The van der Waals surface area contributed by atoms with E-state index in [0.717, 1.165) is 4.57 Å². The third-order valence-electron chi connectivity index (χ3n) is 3.33. The van der Waals surface area contributed by atoms with E-state index >= 15 is 0 Å². The summed E-state index contributed by atoms with van der Waals surface area (Å²) in [4.78, 5) is 25.1. The Kier molecular flexibility index (Phi) is 3.85. The number of nitrogens with zero attached hydrogens (tertiary/aromatic N) is 1. The number of ether oxygens (including phenoxy) is 1. The van der Waals surface area contributed by atoms with Crippen molar-refractivity contribution < 1.29 is 20.1 Å². The predicted octanol–water partition coefficient (Wildman–Crippen LogP) is -2.30. The van der Waals surface area contributed by atoms with Crippen LogP contribution in [0.15, 0.2) is 15.8 Å². The molecule has 0 saturated carbocycles. The van der Waals surface area contributed by atoms with Gasteiger partial charge in [-0.2, -0.15) is 0 Å². The number of aliphatic hydroxyl groups excluding tert-OH is 3. The summed E-state index contributed by atoms with van der Waals surface area (Å²) in [5.74, 6) is -0.686. The van der Waals surface area contributed by atoms with E-state index < -0.39 is 35.6 Å². The summed E-state index contributed by atoms with van der Waals surface area (Å²) in [6, 6.07) is 0. The number of rotatable bonds is 3. The molecule has 106 valence electrons. The van der Waals surface area contributed by atoms with Crippen molar-refractivity contribution in [2.24, 2.45) is 5.92 Å².